The molecule has 0 bridgehead atoms. The van der Waals surface area contributed by atoms with Gasteiger partial charge in [-0.3, -0.25) is 4.79 Å². The molecule has 19 heavy (non-hydrogen) atoms. The van der Waals surface area contributed by atoms with E-state index in [2.05, 4.69) is 41.7 Å². The molecule has 0 saturated carbocycles. The Kier molecular flexibility index (Phi) is 4.32. The van der Waals surface area contributed by atoms with Crippen LogP contribution in [-0.2, 0) is 11.3 Å². The predicted molar refractivity (Wildman–Crippen MR) is 79.2 cm³/mol. The van der Waals surface area contributed by atoms with Crippen molar-refractivity contribution in [1.82, 2.24) is 10.3 Å². The van der Waals surface area contributed by atoms with Crippen LogP contribution in [0.1, 0.15) is 37.9 Å². The minimum Gasteiger partial charge on any atom is -0.352 e. The summed E-state index contributed by atoms with van der Waals surface area (Å²) in [7, 11) is 0. The normalized spacial score (nSPS) is 10.7. The first-order chi connectivity index (χ1) is 9.06. The van der Waals surface area contributed by atoms with Crippen molar-refractivity contribution >= 4 is 17.2 Å². The maximum absolute atomic E-state index is 10.9. The maximum Gasteiger partial charge on any atom is 0.217 e. The van der Waals surface area contributed by atoms with Crippen molar-refractivity contribution in [1.29, 1.82) is 0 Å². The molecule has 100 valence electrons. The quantitative estimate of drug-likeness (QED) is 0.926. The van der Waals surface area contributed by atoms with Crippen molar-refractivity contribution in [2.45, 2.75) is 33.2 Å². The Morgan fingerprint density at radius 2 is 2.00 bits per heavy atom. The van der Waals surface area contributed by atoms with E-state index in [1.54, 1.807) is 11.3 Å². The summed E-state index contributed by atoms with van der Waals surface area (Å²) in [6.07, 6.45) is 0. The van der Waals surface area contributed by atoms with Crippen LogP contribution in [0.3, 0.4) is 0 Å². The second-order valence-corrected chi connectivity index (χ2v) is 5.70. The number of amides is 1. The second-order valence-electron chi connectivity index (χ2n) is 4.84. The number of hydrogen-bond acceptors (Lipinski definition) is 3. The lowest BCUT2D eigenvalue weighted by molar-refractivity contribution is -0.119. The first kappa shape index (κ1) is 13.7. The lowest BCUT2D eigenvalue weighted by Crippen LogP contribution is -2.18. The van der Waals surface area contributed by atoms with Crippen molar-refractivity contribution in [3.05, 3.63) is 40.9 Å². The summed E-state index contributed by atoms with van der Waals surface area (Å²) in [4.78, 5) is 15.5. The molecule has 0 aliphatic carbocycles. The van der Waals surface area contributed by atoms with Crippen LogP contribution in [0.4, 0.5) is 0 Å². The minimum absolute atomic E-state index is 0.00873. The third-order valence-corrected chi connectivity index (χ3v) is 3.77. The van der Waals surface area contributed by atoms with E-state index in [9.17, 15) is 4.79 Å². The van der Waals surface area contributed by atoms with Crippen LogP contribution in [0, 0.1) is 0 Å². The zero-order valence-corrected chi connectivity index (χ0v) is 12.3. The zero-order chi connectivity index (χ0) is 13.8. The Labute approximate surface area is 117 Å². The second kappa shape index (κ2) is 5.97. The van der Waals surface area contributed by atoms with Crippen molar-refractivity contribution < 1.29 is 4.79 Å². The molecule has 1 aromatic carbocycles. The van der Waals surface area contributed by atoms with E-state index >= 15 is 0 Å². The summed E-state index contributed by atoms with van der Waals surface area (Å²) < 4.78 is 0. The van der Waals surface area contributed by atoms with Gasteiger partial charge < -0.3 is 5.32 Å². The topological polar surface area (TPSA) is 42.0 Å². The van der Waals surface area contributed by atoms with Crippen LogP contribution >= 0.6 is 11.3 Å². The molecule has 1 aromatic heterocycles. The van der Waals surface area contributed by atoms with Gasteiger partial charge in [0.2, 0.25) is 5.91 Å². The van der Waals surface area contributed by atoms with Crippen LogP contribution in [0.5, 0.6) is 0 Å². The molecule has 1 N–H and O–H groups in total. The predicted octanol–water partition coefficient (Wildman–Crippen LogP) is 3.57. The molecule has 0 fully saturated rings. The molecule has 3 nitrogen and oxygen atoms in total. The van der Waals surface area contributed by atoms with Gasteiger partial charge in [-0.15, -0.1) is 11.3 Å². The van der Waals surface area contributed by atoms with Gasteiger partial charge in [-0.05, 0) is 11.5 Å². The average Bonchev–Trinajstić information content (AvgIpc) is 2.86. The fraction of sp³-hybridized carbons (Fsp3) is 0.333. The number of nitrogens with zero attached hydrogens (tertiary/aromatic N) is 1. The van der Waals surface area contributed by atoms with Gasteiger partial charge in [0.25, 0.3) is 0 Å². The van der Waals surface area contributed by atoms with Gasteiger partial charge in [0, 0.05) is 24.4 Å². The van der Waals surface area contributed by atoms with Gasteiger partial charge in [0.1, 0.15) is 5.01 Å². The molecular formula is C15H18N2OS. The number of aromatic nitrogens is 1. The van der Waals surface area contributed by atoms with Gasteiger partial charge in [-0.25, -0.2) is 4.98 Å². The van der Waals surface area contributed by atoms with E-state index in [1.807, 2.05) is 12.1 Å². The van der Waals surface area contributed by atoms with E-state index in [0.29, 0.717) is 12.5 Å². The summed E-state index contributed by atoms with van der Waals surface area (Å²) >= 11 is 1.67. The number of carbonyl (C=O) groups excluding carboxylic acids is 1. The molecule has 0 atom stereocenters. The molecule has 0 aliphatic rings. The lowest BCUT2D eigenvalue weighted by Gasteiger charge is -2.03. The van der Waals surface area contributed by atoms with E-state index < -0.39 is 0 Å². The van der Waals surface area contributed by atoms with Crippen molar-refractivity contribution in [2.24, 2.45) is 0 Å². The molecule has 1 heterocycles. The fourth-order valence-corrected chi connectivity index (χ4v) is 2.66. The largest absolute Gasteiger partial charge is 0.352 e. The first-order valence-electron chi connectivity index (χ1n) is 6.35. The van der Waals surface area contributed by atoms with Gasteiger partial charge >= 0.3 is 0 Å². The highest BCUT2D eigenvalue weighted by Gasteiger charge is 2.07. The fourth-order valence-electron chi connectivity index (χ4n) is 1.68. The third-order valence-electron chi connectivity index (χ3n) is 2.86. The van der Waals surface area contributed by atoms with E-state index in [1.165, 1.54) is 6.92 Å². The van der Waals surface area contributed by atoms with Crippen LogP contribution < -0.4 is 5.32 Å². The SMILES string of the molecule is CC(=O)NCc1ccc(-c2nc(C(C)C)cs2)cc1. The molecule has 0 unspecified atom stereocenters. The standard InChI is InChI=1S/C15H18N2OS/c1-10(2)14-9-19-15(17-14)13-6-4-12(5-7-13)8-16-11(3)18/h4-7,9-10H,8H2,1-3H3,(H,16,18). The number of nitrogens with one attached hydrogen (secondary N) is 1. The molecule has 0 spiro atoms. The number of hydrogen-bond donors (Lipinski definition) is 1. The summed E-state index contributed by atoms with van der Waals surface area (Å²) in [5.41, 5.74) is 3.37. The van der Waals surface area contributed by atoms with E-state index in [-0.39, 0.29) is 5.91 Å². The van der Waals surface area contributed by atoms with E-state index in [0.717, 1.165) is 21.8 Å². The Bertz CT molecular complexity index is 558. The minimum atomic E-state index is -0.00873. The summed E-state index contributed by atoms with van der Waals surface area (Å²) in [6, 6.07) is 8.17. The molecule has 1 amide bonds. The van der Waals surface area contributed by atoms with Crippen molar-refractivity contribution in [3.8, 4) is 10.6 Å². The van der Waals surface area contributed by atoms with Crippen molar-refractivity contribution in [2.75, 3.05) is 0 Å². The molecule has 0 aliphatic heterocycles. The number of rotatable bonds is 4. The van der Waals surface area contributed by atoms with Crippen molar-refractivity contribution in [3.63, 3.8) is 0 Å². The van der Waals surface area contributed by atoms with Crippen LogP contribution in [0.2, 0.25) is 0 Å². The molecule has 2 aromatic rings. The zero-order valence-electron chi connectivity index (χ0n) is 11.4. The smallest absolute Gasteiger partial charge is 0.217 e. The summed E-state index contributed by atoms with van der Waals surface area (Å²) in [5, 5.41) is 5.96. The van der Waals surface area contributed by atoms with Gasteiger partial charge in [0.15, 0.2) is 0 Å². The van der Waals surface area contributed by atoms with Gasteiger partial charge in [0.05, 0.1) is 5.69 Å². The first-order valence-corrected chi connectivity index (χ1v) is 7.23. The third kappa shape index (κ3) is 3.64. The average molecular weight is 274 g/mol. The highest BCUT2D eigenvalue weighted by Crippen LogP contribution is 2.26. The Morgan fingerprint density at radius 3 is 2.53 bits per heavy atom. The molecule has 2 rings (SSSR count). The summed E-state index contributed by atoms with van der Waals surface area (Å²) in [6.45, 7) is 6.40. The lowest BCUT2D eigenvalue weighted by atomic mass is 10.1. The highest BCUT2D eigenvalue weighted by atomic mass is 32.1. The van der Waals surface area contributed by atoms with Crippen LogP contribution in [0.25, 0.3) is 10.6 Å². The Balaban J connectivity index is 2.10. The Morgan fingerprint density at radius 1 is 1.32 bits per heavy atom. The number of carbonyl (C=O) groups is 1. The van der Waals surface area contributed by atoms with Gasteiger partial charge in [-0.2, -0.15) is 0 Å². The van der Waals surface area contributed by atoms with Crippen LogP contribution in [-0.4, -0.2) is 10.9 Å². The van der Waals surface area contributed by atoms with E-state index in [4.69, 9.17) is 0 Å². The Hall–Kier alpha value is -1.68. The maximum atomic E-state index is 10.9. The highest BCUT2D eigenvalue weighted by molar-refractivity contribution is 7.13. The number of benzene rings is 1. The molecule has 0 radical (unpaired) electrons. The molecular weight excluding hydrogens is 256 g/mol. The van der Waals surface area contributed by atoms with Gasteiger partial charge in [-0.1, -0.05) is 38.1 Å². The molecule has 4 heteroatoms. The number of thiazole rings is 1. The monoisotopic (exact) mass is 274 g/mol. The summed E-state index contributed by atoms with van der Waals surface area (Å²) in [5.74, 6) is 0.453. The van der Waals surface area contributed by atoms with Crippen LogP contribution in [0.15, 0.2) is 29.6 Å². The molecule has 0 saturated heterocycles.